The van der Waals surface area contributed by atoms with E-state index in [2.05, 4.69) is 36.4 Å². The summed E-state index contributed by atoms with van der Waals surface area (Å²) in [7, 11) is 1.81. The number of para-hydroxylation sites is 2. The van der Waals surface area contributed by atoms with Crippen LogP contribution in [0.4, 0.5) is 5.69 Å². The van der Waals surface area contributed by atoms with Crippen molar-refractivity contribution >= 4 is 23.2 Å². The Labute approximate surface area is 175 Å². The van der Waals surface area contributed by atoms with E-state index in [-0.39, 0.29) is 0 Å². The molecule has 2 heterocycles. The van der Waals surface area contributed by atoms with Crippen LogP contribution in [-0.2, 0) is 6.54 Å². The Morgan fingerprint density at radius 1 is 1.03 bits per heavy atom. The Morgan fingerprint density at radius 3 is 2.48 bits per heavy atom. The Kier molecular flexibility index (Phi) is 5.95. The van der Waals surface area contributed by atoms with Crippen LogP contribution in [0.5, 0.6) is 0 Å². The molecule has 8 heteroatoms. The van der Waals surface area contributed by atoms with Gasteiger partial charge < -0.3 is 15.1 Å². The van der Waals surface area contributed by atoms with Crippen molar-refractivity contribution in [1.29, 1.82) is 0 Å². The van der Waals surface area contributed by atoms with Crippen molar-refractivity contribution in [3.8, 4) is 5.69 Å². The summed E-state index contributed by atoms with van der Waals surface area (Å²) < 4.78 is 1.98. The molecule has 0 aliphatic carbocycles. The van der Waals surface area contributed by atoms with Gasteiger partial charge in [0.05, 0.1) is 17.3 Å². The number of rotatable bonds is 4. The van der Waals surface area contributed by atoms with Gasteiger partial charge in [-0.15, -0.1) is 10.2 Å². The molecule has 1 N–H and O–H groups in total. The number of hydrogen-bond donors (Lipinski definition) is 1. The van der Waals surface area contributed by atoms with Crippen LogP contribution in [0.1, 0.15) is 5.82 Å². The van der Waals surface area contributed by atoms with Gasteiger partial charge in [0, 0.05) is 38.9 Å². The normalized spacial score (nSPS) is 14.9. The quantitative estimate of drug-likeness (QED) is 0.530. The second-order valence-electron chi connectivity index (χ2n) is 6.78. The predicted octanol–water partition coefficient (Wildman–Crippen LogP) is 2.82. The van der Waals surface area contributed by atoms with Gasteiger partial charge in [-0.1, -0.05) is 41.9 Å². The summed E-state index contributed by atoms with van der Waals surface area (Å²) in [4.78, 5) is 9.04. The first kappa shape index (κ1) is 19.3. The van der Waals surface area contributed by atoms with Crippen LogP contribution < -0.4 is 10.2 Å². The third kappa shape index (κ3) is 4.35. The highest BCUT2D eigenvalue weighted by Crippen LogP contribution is 2.26. The zero-order chi connectivity index (χ0) is 20.1. The van der Waals surface area contributed by atoms with E-state index < -0.39 is 0 Å². The molecule has 29 heavy (non-hydrogen) atoms. The van der Waals surface area contributed by atoms with Crippen molar-refractivity contribution in [2.75, 3.05) is 38.1 Å². The van der Waals surface area contributed by atoms with Crippen LogP contribution in [0.25, 0.3) is 5.69 Å². The van der Waals surface area contributed by atoms with Crippen molar-refractivity contribution in [2.45, 2.75) is 6.54 Å². The van der Waals surface area contributed by atoms with Gasteiger partial charge in [-0.05, 0) is 24.3 Å². The van der Waals surface area contributed by atoms with Gasteiger partial charge >= 0.3 is 0 Å². The molecule has 0 radical (unpaired) electrons. The third-order valence-corrected chi connectivity index (χ3v) is 5.36. The molecule has 0 unspecified atom stereocenters. The minimum absolute atomic E-state index is 0.548. The first-order chi connectivity index (χ1) is 14.3. The third-order valence-electron chi connectivity index (χ3n) is 5.04. The number of aliphatic imine (C=N–C) groups is 1. The van der Waals surface area contributed by atoms with E-state index in [0.717, 1.165) is 54.4 Å². The molecule has 1 aliphatic heterocycles. The lowest BCUT2D eigenvalue weighted by Gasteiger charge is -2.38. The van der Waals surface area contributed by atoms with E-state index in [1.807, 2.05) is 60.1 Å². The van der Waals surface area contributed by atoms with E-state index in [0.29, 0.717) is 6.54 Å². The van der Waals surface area contributed by atoms with Crippen LogP contribution in [0.2, 0.25) is 5.02 Å². The lowest BCUT2D eigenvalue weighted by atomic mass is 10.2. The molecule has 1 aliphatic rings. The minimum atomic E-state index is 0.548. The topological polar surface area (TPSA) is 61.6 Å². The maximum atomic E-state index is 6.35. The molecule has 1 fully saturated rings. The van der Waals surface area contributed by atoms with Gasteiger partial charge in [0.25, 0.3) is 0 Å². The minimum Gasteiger partial charge on any atom is -0.367 e. The van der Waals surface area contributed by atoms with Crippen LogP contribution in [0.15, 0.2) is 65.9 Å². The summed E-state index contributed by atoms with van der Waals surface area (Å²) in [6, 6.07) is 18.1. The molecule has 0 saturated carbocycles. The molecule has 3 aromatic rings. The highest BCUT2D eigenvalue weighted by molar-refractivity contribution is 6.33. The molecule has 150 valence electrons. The lowest BCUT2D eigenvalue weighted by Crippen LogP contribution is -2.52. The summed E-state index contributed by atoms with van der Waals surface area (Å²) in [6.45, 7) is 4.08. The van der Waals surface area contributed by atoms with Crippen molar-refractivity contribution in [3.63, 3.8) is 0 Å². The van der Waals surface area contributed by atoms with Crippen molar-refractivity contribution in [3.05, 3.63) is 71.8 Å². The molecule has 0 spiro atoms. The van der Waals surface area contributed by atoms with Crippen LogP contribution in [-0.4, -0.2) is 58.9 Å². The fourth-order valence-corrected chi connectivity index (χ4v) is 3.80. The van der Waals surface area contributed by atoms with Gasteiger partial charge in [-0.3, -0.25) is 9.56 Å². The molecule has 2 aromatic carbocycles. The molecule has 7 nitrogen and oxygen atoms in total. The maximum Gasteiger partial charge on any atom is 0.194 e. The van der Waals surface area contributed by atoms with E-state index in [4.69, 9.17) is 11.6 Å². The van der Waals surface area contributed by atoms with E-state index >= 15 is 0 Å². The second kappa shape index (κ2) is 8.96. The number of benzene rings is 2. The highest BCUT2D eigenvalue weighted by atomic mass is 35.5. The highest BCUT2D eigenvalue weighted by Gasteiger charge is 2.21. The lowest BCUT2D eigenvalue weighted by molar-refractivity contribution is 0.372. The Balaban J connectivity index is 1.37. The number of anilines is 1. The monoisotopic (exact) mass is 409 g/mol. The van der Waals surface area contributed by atoms with Gasteiger partial charge in [0.2, 0.25) is 0 Å². The average Bonchev–Trinajstić information content (AvgIpc) is 3.24. The summed E-state index contributed by atoms with van der Waals surface area (Å²) >= 11 is 6.35. The number of halogens is 1. The SMILES string of the molecule is CN=C(NCc1nncn1-c1ccccc1)N1CCN(c2ccccc2Cl)CC1. The maximum absolute atomic E-state index is 6.35. The fourth-order valence-electron chi connectivity index (χ4n) is 3.54. The van der Waals surface area contributed by atoms with Crippen LogP contribution in [0, 0.1) is 0 Å². The molecular formula is C21H24ClN7. The average molecular weight is 410 g/mol. The van der Waals surface area contributed by atoms with E-state index in [1.165, 1.54) is 0 Å². The number of guanidine groups is 1. The molecular weight excluding hydrogens is 386 g/mol. The summed E-state index contributed by atoms with van der Waals surface area (Å²) in [6.07, 6.45) is 1.73. The smallest absolute Gasteiger partial charge is 0.194 e. The Morgan fingerprint density at radius 2 is 1.76 bits per heavy atom. The zero-order valence-corrected chi connectivity index (χ0v) is 17.1. The van der Waals surface area contributed by atoms with Crippen LogP contribution in [0.3, 0.4) is 0 Å². The standard InChI is InChI=1S/C21H24ClN7/c1-23-21(24-15-20-26-25-16-29(20)17-7-3-2-4-8-17)28-13-11-27(12-14-28)19-10-6-5-9-18(19)22/h2-10,16H,11-15H2,1H3,(H,23,24). The summed E-state index contributed by atoms with van der Waals surface area (Å²) in [5, 5.41) is 12.5. The first-order valence-corrected chi connectivity index (χ1v) is 10.0. The molecule has 1 saturated heterocycles. The predicted molar refractivity (Wildman–Crippen MR) is 117 cm³/mol. The fraction of sp³-hybridized carbons (Fsp3) is 0.286. The Bertz CT molecular complexity index is 962. The number of piperazine rings is 1. The molecule has 1 aromatic heterocycles. The molecule has 4 rings (SSSR count). The van der Waals surface area contributed by atoms with E-state index in [1.54, 1.807) is 6.33 Å². The van der Waals surface area contributed by atoms with Gasteiger partial charge in [0.15, 0.2) is 11.8 Å². The van der Waals surface area contributed by atoms with Gasteiger partial charge in [0.1, 0.15) is 6.33 Å². The van der Waals surface area contributed by atoms with Crippen molar-refractivity contribution in [2.24, 2.45) is 4.99 Å². The first-order valence-electron chi connectivity index (χ1n) is 9.65. The summed E-state index contributed by atoms with van der Waals surface area (Å²) in [5.41, 5.74) is 2.13. The van der Waals surface area contributed by atoms with Gasteiger partial charge in [-0.2, -0.15) is 0 Å². The van der Waals surface area contributed by atoms with Crippen molar-refractivity contribution < 1.29 is 0 Å². The summed E-state index contributed by atoms with van der Waals surface area (Å²) in [5.74, 6) is 1.71. The number of nitrogens with zero attached hydrogens (tertiary/aromatic N) is 6. The van der Waals surface area contributed by atoms with Gasteiger partial charge in [-0.25, -0.2) is 0 Å². The number of nitrogens with one attached hydrogen (secondary N) is 1. The second-order valence-corrected chi connectivity index (χ2v) is 7.19. The van der Waals surface area contributed by atoms with Crippen molar-refractivity contribution in [1.82, 2.24) is 25.0 Å². The molecule has 0 amide bonds. The largest absolute Gasteiger partial charge is 0.367 e. The van der Waals surface area contributed by atoms with Crippen LogP contribution >= 0.6 is 11.6 Å². The number of aromatic nitrogens is 3. The zero-order valence-electron chi connectivity index (χ0n) is 16.4. The molecule has 0 bridgehead atoms. The Hall–Kier alpha value is -3.06. The van der Waals surface area contributed by atoms with E-state index in [9.17, 15) is 0 Å². The number of hydrogen-bond acceptors (Lipinski definition) is 4. The molecule has 0 atom stereocenters.